The first-order valence-corrected chi connectivity index (χ1v) is 17.5. The van der Waals surface area contributed by atoms with Gasteiger partial charge in [0.2, 0.25) is 0 Å². The van der Waals surface area contributed by atoms with E-state index < -0.39 is 57.6 Å². The average molecular weight is 801 g/mol. The topological polar surface area (TPSA) is 147 Å². The first-order valence-electron chi connectivity index (χ1n) is 17.5. The highest BCUT2D eigenvalue weighted by atomic mass is 19.4. The molecule has 6 aromatic rings. The van der Waals surface area contributed by atoms with Gasteiger partial charge in [-0.15, -0.1) is 0 Å². The summed E-state index contributed by atoms with van der Waals surface area (Å²) in [4.78, 5) is 63.9. The van der Waals surface area contributed by atoms with Gasteiger partial charge in [-0.2, -0.15) is 26.3 Å². The Hall–Kier alpha value is -6.03. The average Bonchev–Trinajstić information content (AvgIpc) is 3.17. The number of aliphatic hydroxyl groups excluding tert-OH is 1. The van der Waals surface area contributed by atoms with E-state index in [4.69, 9.17) is 0 Å². The molecule has 0 spiro atoms. The Morgan fingerprint density at radius 3 is 1.68 bits per heavy atom. The van der Waals surface area contributed by atoms with Gasteiger partial charge in [0.25, 0.3) is 11.1 Å². The molecule has 0 amide bonds. The number of nitrogens with zero attached hydrogens (tertiary/aromatic N) is 2. The van der Waals surface area contributed by atoms with E-state index in [9.17, 15) is 55.4 Å². The van der Waals surface area contributed by atoms with Gasteiger partial charge in [0.05, 0.1) is 32.9 Å². The molecule has 1 unspecified atom stereocenters. The summed E-state index contributed by atoms with van der Waals surface area (Å²) in [6.45, 7) is 4.03. The molecule has 2 aromatic heterocycles. The molecule has 4 aromatic carbocycles. The van der Waals surface area contributed by atoms with Crippen molar-refractivity contribution in [3.63, 3.8) is 0 Å². The van der Waals surface area contributed by atoms with E-state index in [-0.39, 0.29) is 47.9 Å². The summed E-state index contributed by atoms with van der Waals surface area (Å²) < 4.78 is 80.8. The van der Waals surface area contributed by atoms with Gasteiger partial charge in [0, 0.05) is 24.2 Å². The number of H-pyrrole nitrogens is 2. The fourth-order valence-corrected chi connectivity index (χ4v) is 5.69. The lowest BCUT2D eigenvalue weighted by Gasteiger charge is -2.20. The lowest BCUT2D eigenvalue weighted by Crippen LogP contribution is -2.36. The summed E-state index contributed by atoms with van der Waals surface area (Å²) in [6, 6.07) is 21.4. The number of nitrogens with one attached hydrogen (secondary N) is 2. The number of halogens is 6. The fourth-order valence-electron chi connectivity index (χ4n) is 5.69. The number of aromatic amines is 2. The van der Waals surface area contributed by atoms with Crippen LogP contribution in [0.1, 0.15) is 85.7 Å². The van der Waals surface area contributed by atoms with Gasteiger partial charge in [0.15, 0.2) is 0 Å². The first kappa shape index (κ1) is 45.4. The minimum absolute atomic E-state index is 0. The number of aromatic nitrogens is 4. The van der Waals surface area contributed by atoms with Crippen molar-refractivity contribution in [1.82, 2.24) is 19.1 Å². The lowest BCUT2D eigenvalue weighted by molar-refractivity contribution is -0.139. The van der Waals surface area contributed by atoms with Crippen LogP contribution < -0.4 is 22.5 Å². The van der Waals surface area contributed by atoms with Crippen molar-refractivity contribution < 1.29 is 36.2 Å². The van der Waals surface area contributed by atoms with Gasteiger partial charge in [0.1, 0.15) is 12.4 Å². The molecule has 0 bridgehead atoms. The van der Waals surface area contributed by atoms with E-state index in [0.717, 1.165) is 57.7 Å². The van der Waals surface area contributed by atoms with Crippen LogP contribution in [0.2, 0.25) is 0 Å². The van der Waals surface area contributed by atoms with Crippen molar-refractivity contribution in [3.05, 3.63) is 160 Å². The maximum absolute atomic E-state index is 13.7. The first-order chi connectivity index (χ1) is 26.5. The number of hydrogen-bond donors (Lipinski definition) is 3. The SMILES string of the molecule is C.CCCCn1c(=O)[nH]c2ccc(C(F)(F)F)c(C(O)c3ccccc3)c2c1=O.CCCCn1c(=O)[nH]c2ccc(C(F)(F)F)cc2c1=O.O=Cc1ccccc1. The molecule has 0 aliphatic rings. The van der Waals surface area contributed by atoms with Gasteiger partial charge in [-0.05, 0) is 48.7 Å². The molecule has 3 N–H and O–H groups in total. The molecule has 0 aliphatic carbocycles. The van der Waals surface area contributed by atoms with Gasteiger partial charge < -0.3 is 15.1 Å². The number of unbranched alkanes of at least 4 members (excludes halogenated alkanes) is 2. The highest BCUT2D eigenvalue weighted by Gasteiger charge is 2.37. The molecule has 0 radical (unpaired) electrons. The minimum atomic E-state index is -4.78. The number of aliphatic hydroxyl groups is 1. The van der Waals surface area contributed by atoms with E-state index in [1.165, 1.54) is 12.1 Å². The Morgan fingerprint density at radius 1 is 0.684 bits per heavy atom. The number of carbonyl (C=O) groups excluding carboxylic acids is 1. The largest absolute Gasteiger partial charge is 0.416 e. The van der Waals surface area contributed by atoms with E-state index >= 15 is 0 Å². The Morgan fingerprint density at radius 2 is 1.19 bits per heavy atom. The standard InChI is InChI=1S/C20H19F3N2O3.C13H13F3N2O2.C7H6O.CH4/c1-2-3-11-25-18(27)16-14(24-19(25)28)10-9-13(20(21,22)23)15(16)17(26)12-7-5-4-6-8-12;1-2-3-6-18-11(19)9-7-8(13(14,15)16)4-5-10(9)17-12(18)20;8-6-7-4-2-1-3-5-7;/h4-10,17,26H,2-3,11H2,1H3,(H,24,28);4-5,7H,2-3,6H2,1H3,(H,17,20);1-6H;1H4. The molecule has 6 rings (SSSR count). The molecule has 2 heterocycles. The van der Waals surface area contributed by atoms with Gasteiger partial charge in [-0.25, -0.2) is 9.59 Å². The van der Waals surface area contributed by atoms with Gasteiger partial charge in [-0.3, -0.25) is 23.5 Å². The molecule has 0 fully saturated rings. The van der Waals surface area contributed by atoms with Crippen LogP contribution in [0.25, 0.3) is 21.8 Å². The molecule has 0 saturated heterocycles. The zero-order valence-corrected chi connectivity index (χ0v) is 30.2. The van der Waals surface area contributed by atoms with Crippen LogP contribution in [0, 0.1) is 0 Å². The predicted molar refractivity (Wildman–Crippen MR) is 207 cm³/mol. The van der Waals surface area contributed by atoms with E-state index in [1.54, 1.807) is 30.3 Å². The maximum Gasteiger partial charge on any atom is 0.416 e. The van der Waals surface area contributed by atoms with Gasteiger partial charge in [-0.1, -0.05) is 94.8 Å². The second-order valence-corrected chi connectivity index (χ2v) is 12.5. The summed E-state index contributed by atoms with van der Waals surface area (Å²) in [5.74, 6) is 0. The summed E-state index contributed by atoms with van der Waals surface area (Å²) in [5.41, 5.74) is -4.38. The summed E-state index contributed by atoms with van der Waals surface area (Å²) in [7, 11) is 0. The normalized spacial score (nSPS) is 11.8. The smallest absolute Gasteiger partial charge is 0.384 e. The summed E-state index contributed by atoms with van der Waals surface area (Å²) >= 11 is 0. The third-order valence-corrected chi connectivity index (χ3v) is 8.60. The Labute approximate surface area is 322 Å². The van der Waals surface area contributed by atoms with Crippen molar-refractivity contribution in [2.24, 2.45) is 0 Å². The number of benzene rings is 4. The van der Waals surface area contributed by atoms with Crippen LogP contribution >= 0.6 is 0 Å². The van der Waals surface area contributed by atoms with Crippen LogP contribution in [0.15, 0.2) is 110 Å². The molecule has 10 nitrogen and oxygen atoms in total. The van der Waals surface area contributed by atoms with Crippen LogP contribution in [-0.4, -0.2) is 30.5 Å². The minimum Gasteiger partial charge on any atom is -0.384 e. The molecule has 1 atom stereocenters. The van der Waals surface area contributed by atoms with Crippen molar-refractivity contribution in [3.8, 4) is 0 Å². The number of hydrogen-bond acceptors (Lipinski definition) is 6. The fraction of sp³-hybridized carbons (Fsp3) is 0.293. The van der Waals surface area contributed by atoms with Crippen LogP contribution in [0.5, 0.6) is 0 Å². The maximum atomic E-state index is 13.7. The second-order valence-electron chi connectivity index (χ2n) is 12.5. The van der Waals surface area contributed by atoms with Crippen LogP contribution in [-0.2, 0) is 25.4 Å². The number of alkyl halides is 6. The zero-order valence-electron chi connectivity index (χ0n) is 30.2. The third kappa shape index (κ3) is 11.1. The third-order valence-electron chi connectivity index (χ3n) is 8.60. The molecule has 0 saturated carbocycles. The summed E-state index contributed by atoms with van der Waals surface area (Å²) in [6.07, 6.45) is -7.56. The number of carbonyl (C=O) groups is 1. The number of aldehydes is 1. The van der Waals surface area contributed by atoms with Gasteiger partial charge >= 0.3 is 23.7 Å². The molecule has 16 heteroatoms. The number of fused-ring (bicyclic) bond motifs is 2. The Balaban J connectivity index is 0.000000260. The second kappa shape index (κ2) is 19.7. The molecule has 0 aliphatic heterocycles. The van der Waals surface area contributed by atoms with Crippen molar-refractivity contribution in [2.45, 2.75) is 78.5 Å². The zero-order chi connectivity index (χ0) is 41.2. The van der Waals surface area contributed by atoms with E-state index in [2.05, 4.69) is 9.97 Å². The highest BCUT2D eigenvalue weighted by Crippen LogP contribution is 2.39. The molecule has 57 heavy (non-hydrogen) atoms. The monoisotopic (exact) mass is 800 g/mol. The van der Waals surface area contributed by atoms with Crippen molar-refractivity contribution >= 4 is 28.1 Å². The number of rotatable bonds is 9. The van der Waals surface area contributed by atoms with Crippen LogP contribution in [0.3, 0.4) is 0 Å². The van der Waals surface area contributed by atoms with Crippen molar-refractivity contribution in [2.75, 3.05) is 0 Å². The Kier molecular flexibility index (Phi) is 15.7. The predicted octanol–water partition coefficient (Wildman–Crippen LogP) is 8.23. The quantitative estimate of drug-likeness (QED) is 0.0992. The summed E-state index contributed by atoms with van der Waals surface area (Å²) in [5, 5.41) is 10.3. The molecular formula is C41H42F6N4O6. The van der Waals surface area contributed by atoms with E-state index in [0.29, 0.717) is 19.3 Å². The lowest BCUT2D eigenvalue weighted by atomic mass is 9.93. The van der Waals surface area contributed by atoms with E-state index in [1.807, 2.05) is 32.0 Å². The highest BCUT2D eigenvalue weighted by molar-refractivity contribution is 5.84. The van der Waals surface area contributed by atoms with Crippen LogP contribution in [0.4, 0.5) is 26.3 Å². The Bertz CT molecular complexity index is 2510. The van der Waals surface area contributed by atoms with Crippen molar-refractivity contribution in [1.29, 1.82) is 0 Å². The molecular weight excluding hydrogens is 758 g/mol. The molecule has 304 valence electrons.